The molecule has 1 aromatic carbocycles. The number of nitrogens with two attached hydrogens (primary N) is 1. The van der Waals surface area contributed by atoms with Gasteiger partial charge in [-0.25, -0.2) is 0 Å². The van der Waals surface area contributed by atoms with E-state index in [1.54, 1.807) is 12.1 Å². The number of benzene rings is 1. The summed E-state index contributed by atoms with van der Waals surface area (Å²) in [4.78, 5) is 11.5. The van der Waals surface area contributed by atoms with Gasteiger partial charge in [0.2, 0.25) is 5.91 Å². The maximum absolute atomic E-state index is 11.5. The predicted octanol–water partition coefficient (Wildman–Crippen LogP) is 1.95. The van der Waals surface area contributed by atoms with Crippen molar-refractivity contribution in [3.8, 4) is 5.75 Å². The monoisotopic (exact) mass is 236 g/mol. The average Bonchev–Trinajstić information content (AvgIpc) is 2.18. The zero-order valence-electron chi connectivity index (χ0n) is 10.6. The molecule has 0 radical (unpaired) electrons. The van der Waals surface area contributed by atoms with Gasteiger partial charge in [0.25, 0.3) is 0 Å². The van der Waals surface area contributed by atoms with Crippen molar-refractivity contribution >= 4 is 11.6 Å². The lowest BCUT2D eigenvalue weighted by atomic mass is 10.1. The predicted molar refractivity (Wildman–Crippen MR) is 68.9 cm³/mol. The first-order valence-corrected chi connectivity index (χ1v) is 5.67. The van der Waals surface area contributed by atoms with E-state index in [0.29, 0.717) is 24.5 Å². The number of hydrogen-bond donors (Lipinski definition) is 2. The Morgan fingerprint density at radius 2 is 2.00 bits per heavy atom. The number of anilines is 1. The highest BCUT2D eigenvalue weighted by molar-refractivity contribution is 5.76. The Hall–Kier alpha value is -1.71. The second-order valence-electron chi connectivity index (χ2n) is 4.93. The third kappa shape index (κ3) is 5.24. The van der Waals surface area contributed by atoms with Gasteiger partial charge in [-0.05, 0) is 32.9 Å². The lowest BCUT2D eigenvalue weighted by molar-refractivity contribution is -0.122. The summed E-state index contributed by atoms with van der Waals surface area (Å²) in [6.07, 6.45) is 0.325. The molecule has 17 heavy (non-hydrogen) atoms. The van der Waals surface area contributed by atoms with E-state index in [1.807, 2.05) is 32.9 Å². The Morgan fingerprint density at radius 1 is 1.35 bits per heavy atom. The summed E-state index contributed by atoms with van der Waals surface area (Å²) < 4.78 is 5.44. The number of amides is 1. The Balaban J connectivity index is 2.34. The minimum absolute atomic E-state index is 0.0213. The largest absolute Gasteiger partial charge is 0.491 e. The highest BCUT2D eigenvalue weighted by Crippen LogP contribution is 2.19. The fourth-order valence-corrected chi connectivity index (χ4v) is 1.35. The van der Waals surface area contributed by atoms with Crippen LogP contribution in [0.4, 0.5) is 5.69 Å². The minimum Gasteiger partial charge on any atom is -0.491 e. The highest BCUT2D eigenvalue weighted by atomic mass is 16.5. The zero-order valence-corrected chi connectivity index (χ0v) is 10.6. The van der Waals surface area contributed by atoms with Crippen LogP contribution >= 0.6 is 0 Å². The number of ether oxygens (including phenoxy) is 1. The van der Waals surface area contributed by atoms with E-state index in [2.05, 4.69) is 5.32 Å². The van der Waals surface area contributed by atoms with Crippen molar-refractivity contribution in [2.24, 2.45) is 0 Å². The summed E-state index contributed by atoms with van der Waals surface area (Å²) in [5.74, 6) is 0.600. The maximum Gasteiger partial charge on any atom is 0.223 e. The topological polar surface area (TPSA) is 64.3 Å². The number of carbonyl (C=O) groups is 1. The third-order valence-corrected chi connectivity index (χ3v) is 2.02. The van der Waals surface area contributed by atoms with Crippen molar-refractivity contribution in [3.05, 3.63) is 24.3 Å². The van der Waals surface area contributed by atoms with E-state index < -0.39 is 0 Å². The van der Waals surface area contributed by atoms with Crippen LogP contribution in [0.1, 0.15) is 27.2 Å². The quantitative estimate of drug-likeness (QED) is 0.785. The molecule has 4 heteroatoms. The van der Waals surface area contributed by atoms with Crippen LogP contribution < -0.4 is 15.8 Å². The average molecular weight is 236 g/mol. The summed E-state index contributed by atoms with van der Waals surface area (Å²) in [5, 5.41) is 2.87. The first kappa shape index (κ1) is 13.4. The number of nitrogen functional groups attached to an aromatic ring is 1. The summed E-state index contributed by atoms with van der Waals surface area (Å²) in [6, 6.07) is 7.25. The van der Waals surface area contributed by atoms with Gasteiger partial charge < -0.3 is 15.8 Å². The van der Waals surface area contributed by atoms with Gasteiger partial charge in [0.15, 0.2) is 0 Å². The zero-order chi connectivity index (χ0) is 12.9. The van der Waals surface area contributed by atoms with Crippen LogP contribution in [0.15, 0.2) is 24.3 Å². The molecule has 0 atom stereocenters. The van der Waals surface area contributed by atoms with E-state index in [9.17, 15) is 4.79 Å². The van der Waals surface area contributed by atoms with Crippen molar-refractivity contribution in [2.45, 2.75) is 32.7 Å². The molecular weight excluding hydrogens is 216 g/mol. The molecule has 0 aromatic heterocycles. The van der Waals surface area contributed by atoms with E-state index in [0.717, 1.165) is 0 Å². The van der Waals surface area contributed by atoms with Crippen LogP contribution in [-0.4, -0.2) is 18.1 Å². The van der Waals surface area contributed by atoms with Gasteiger partial charge in [0, 0.05) is 5.54 Å². The van der Waals surface area contributed by atoms with Gasteiger partial charge in [0.1, 0.15) is 5.75 Å². The molecule has 0 spiro atoms. The van der Waals surface area contributed by atoms with Gasteiger partial charge in [-0.3, -0.25) is 4.79 Å². The summed E-state index contributed by atoms with van der Waals surface area (Å²) in [6.45, 7) is 6.17. The van der Waals surface area contributed by atoms with Crippen LogP contribution in [0.25, 0.3) is 0 Å². The van der Waals surface area contributed by atoms with E-state index in [1.165, 1.54) is 0 Å². The molecule has 0 fully saturated rings. The third-order valence-electron chi connectivity index (χ3n) is 2.02. The number of hydrogen-bond acceptors (Lipinski definition) is 3. The number of carbonyl (C=O) groups excluding carboxylic acids is 1. The molecule has 1 aromatic rings. The lowest BCUT2D eigenvalue weighted by Gasteiger charge is -2.20. The van der Waals surface area contributed by atoms with Crippen molar-refractivity contribution < 1.29 is 9.53 Å². The van der Waals surface area contributed by atoms with E-state index in [4.69, 9.17) is 10.5 Å². The lowest BCUT2D eigenvalue weighted by Crippen LogP contribution is -2.41. The molecule has 1 amide bonds. The molecule has 0 heterocycles. The summed E-state index contributed by atoms with van der Waals surface area (Å²) in [5.41, 5.74) is 6.09. The number of nitrogens with one attached hydrogen (secondary N) is 1. The fraction of sp³-hybridized carbons (Fsp3) is 0.462. The Labute approximate surface area is 102 Å². The van der Waals surface area contributed by atoms with Crippen LogP contribution in [0, 0.1) is 0 Å². The summed E-state index contributed by atoms with van der Waals surface area (Å²) >= 11 is 0. The Bertz CT molecular complexity index is 383. The summed E-state index contributed by atoms with van der Waals surface area (Å²) in [7, 11) is 0. The van der Waals surface area contributed by atoms with Crippen molar-refractivity contribution in [2.75, 3.05) is 12.3 Å². The normalized spacial score (nSPS) is 11.0. The molecule has 0 saturated carbocycles. The first-order valence-electron chi connectivity index (χ1n) is 5.67. The van der Waals surface area contributed by atoms with Gasteiger partial charge in [0.05, 0.1) is 18.7 Å². The smallest absolute Gasteiger partial charge is 0.223 e. The van der Waals surface area contributed by atoms with Crippen LogP contribution in [-0.2, 0) is 4.79 Å². The van der Waals surface area contributed by atoms with E-state index >= 15 is 0 Å². The number of rotatable bonds is 4. The second-order valence-corrected chi connectivity index (χ2v) is 4.93. The van der Waals surface area contributed by atoms with Crippen molar-refractivity contribution in [1.82, 2.24) is 5.32 Å². The number of para-hydroxylation sites is 2. The molecule has 0 bridgehead atoms. The van der Waals surface area contributed by atoms with Crippen LogP contribution in [0.5, 0.6) is 5.75 Å². The molecule has 0 saturated heterocycles. The standard InChI is InChI=1S/C13H20N2O2/c1-13(2,3)15-12(16)8-9-17-11-7-5-4-6-10(11)14/h4-7H,8-9,14H2,1-3H3,(H,15,16). The van der Waals surface area contributed by atoms with Gasteiger partial charge in [-0.1, -0.05) is 12.1 Å². The van der Waals surface area contributed by atoms with E-state index in [-0.39, 0.29) is 11.4 Å². The van der Waals surface area contributed by atoms with Crippen molar-refractivity contribution in [1.29, 1.82) is 0 Å². The molecule has 0 aliphatic carbocycles. The van der Waals surface area contributed by atoms with Crippen LogP contribution in [0.2, 0.25) is 0 Å². The molecule has 1 rings (SSSR count). The minimum atomic E-state index is -0.205. The highest BCUT2D eigenvalue weighted by Gasteiger charge is 2.13. The van der Waals surface area contributed by atoms with Gasteiger partial charge in [-0.2, -0.15) is 0 Å². The molecule has 0 unspecified atom stereocenters. The van der Waals surface area contributed by atoms with Gasteiger partial charge >= 0.3 is 0 Å². The molecule has 0 aliphatic rings. The second kappa shape index (κ2) is 5.57. The fourth-order valence-electron chi connectivity index (χ4n) is 1.35. The molecule has 0 aliphatic heterocycles. The van der Waals surface area contributed by atoms with Gasteiger partial charge in [-0.15, -0.1) is 0 Å². The molecule has 4 nitrogen and oxygen atoms in total. The van der Waals surface area contributed by atoms with Crippen molar-refractivity contribution in [3.63, 3.8) is 0 Å². The van der Waals surface area contributed by atoms with Crippen LogP contribution in [0.3, 0.4) is 0 Å². The molecule has 94 valence electrons. The Morgan fingerprint density at radius 3 is 2.59 bits per heavy atom. The first-order chi connectivity index (χ1) is 7.88. The SMILES string of the molecule is CC(C)(C)NC(=O)CCOc1ccccc1N. The molecule has 3 N–H and O–H groups in total. The Kier molecular flexibility index (Phi) is 4.37. The maximum atomic E-state index is 11.5. The molecular formula is C13H20N2O2.